The number of ether oxygens (including phenoxy) is 1. The van der Waals surface area contributed by atoms with Crippen molar-refractivity contribution in [3.8, 4) is 5.75 Å². The number of nitrogens with one attached hydrogen (secondary N) is 2. The van der Waals surface area contributed by atoms with Crippen LogP contribution in [0.2, 0.25) is 0 Å². The molecule has 2 rings (SSSR count). The van der Waals surface area contributed by atoms with Gasteiger partial charge in [0.2, 0.25) is 5.75 Å². The molecule has 1 aromatic heterocycles. The maximum absolute atomic E-state index is 13.7. The molecule has 0 bridgehead atoms. The third-order valence-corrected chi connectivity index (χ3v) is 2.73. The number of methoxy groups -OCH3 is 1. The summed E-state index contributed by atoms with van der Waals surface area (Å²) in [6.45, 7) is 2.73. The number of halogens is 2. The molecule has 21 heavy (non-hydrogen) atoms. The quantitative estimate of drug-likeness (QED) is 0.855. The van der Waals surface area contributed by atoms with Crippen LogP contribution in [0.4, 0.5) is 26.1 Å². The fraction of sp³-hybridized carbons (Fsp3) is 0.286. The minimum atomic E-state index is -0.583. The van der Waals surface area contributed by atoms with Crippen molar-refractivity contribution in [2.75, 3.05) is 24.3 Å². The van der Waals surface area contributed by atoms with Crippen molar-refractivity contribution in [2.24, 2.45) is 0 Å². The zero-order valence-electron chi connectivity index (χ0n) is 11.8. The molecule has 0 amide bonds. The first-order chi connectivity index (χ1) is 10.2. The van der Waals surface area contributed by atoms with Gasteiger partial charge in [0.1, 0.15) is 18.0 Å². The van der Waals surface area contributed by atoms with Gasteiger partial charge >= 0.3 is 0 Å². The van der Waals surface area contributed by atoms with Crippen molar-refractivity contribution < 1.29 is 13.5 Å². The predicted molar refractivity (Wildman–Crippen MR) is 77.0 cm³/mol. The highest BCUT2D eigenvalue weighted by molar-refractivity contribution is 5.69. The first kappa shape index (κ1) is 15.0. The van der Waals surface area contributed by atoms with E-state index in [1.54, 1.807) is 0 Å². The molecule has 1 heterocycles. The highest BCUT2D eigenvalue weighted by atomic mass is 19.1. The Hall–Kier alpha value is -2.44. The van der Waals surface area contributed by atoms with E-state index >= 15 is 0 Å². The van der Waals surface area contributed by atoms with Crippen molar-refractivity contribution in [3.63, 3.8) is 0 Å². The van der Waals surface area contributed by atoms with E-state index in [2.05, 4.69) is 20.6 Å². The molecular formula is C14H16F2N4O. The molecule has 112 valence electrons. The van der Waals surface area contributed by atoms with Crippen molar-refractivity contribution >= 4 is 17.3 Å². The molecule has 0 unspecified atom stereocenters. The second-order valence-corrected chi connectivity index (χ2v) is 4.28. The van der Waals surface area contributed by atoms with E-state index in [9.17, 15) is 8.78 Å². The normalized spacial score (nSPS) is 10.3. The highest BCUT2D eigenvalue weighted by Crippen LogP contribution is 2.32. The first-order valence-corrected chi connectivity index (χ1v) is 6.50. The standard InChI is InChI=1S/C14H16F2N4O/c1-3-6-17-13-12(21-2)14(19-8-18-13)20-11-7-9(15)4-5-10(11)16/h4-5,7-8H,3,6H2,1-2H3,(H2,17,18,19,20). The molecule has 0 saturated carbocycles. The highest BCUT2D eigenvalue weighted by Gasteiger charge is 2.14. The topological polar surface area (TPSA) is 59.1 Å². The third kappa shape index (κ3) is 3.56. The maximum Gasteiger partial charge on any atom is 0.204 e. The Balaban J connectivity index is 2.33. The zero-order valence-corrected chi connectivity index (χ0v) is 11.8. The molecule has 0 aliphatic carbocycles. The van der Waals surface area contributed by atoms with E-state index in [0.717, 1.165) is 24.6 Å². The minimum Gasteiger partial charge on any atom is -0.490 e. The maximum atomic E-state index is 13.7. The van der Waals surface area contributed by atoms with Crippen LogP contribution in [0.15, 0.2) is 24.5 Å². The Kier molecular flexibility index (Phi) is 4.86. The van der Waals surface area contributed by atoms with Gasteiger partial charge in [-0.15, -0.1) is 0 Å². The molecule has 0 saturated heterocycles. The number of anilines is 3. The summed E-state index contributed by atoms with van der Waals surface area (Å²) in [5.41, 5.74) is -0.0200. The van der Waals surface area contributed by atoms with Crippen LogP contribution < -0.4 is 15.4 Å². The Morgan fingerprint density at radius 1 is 1.19 bits per heavy atom. The number of nitrogens with zero attached hydrogens (tertiary/aromatic N) is 2. The van der Waals surface area contributed by atoms with E-state index in [4.69, 9.17) is 4.74 Å². The number of benzene rings is 1. The van der Waals surface area contributed by atoms with Crippen LogP contribution in [-0.4, -0.2) is 23.6 Å². The van der Waals surface area contributed by atoms with E-state index in [0.29, 0.717) is 18.1 Å². The zero-order chi connectivity index (χ0) is 15.2. The second kappa shape index (κ2) is 6.83. The third-order valence-electron chi connectivity index (χ3n) is 2.73. The molecule has 0 atom stereocenters. The smallest absolute Gasteiger partial charge is 0.204 e. The van der Waals surface area contributed by atoms with Crippen molar-refractivity contribution in [1.82, 2.24) is 9.97 Å². The van der Waals surface area contributed by atoms with Crippen molar-refractivity contribution in [1.29, 1.82) is 0 Å². The van der Waals surface area contributed by atoms with Crippen molar-refractivity contribution in [2.45, 2.75) is 13.3 Å². The molecule has 0 fully saturated rings. The summed E-state index contributed by atoms with van der Waals surface area (Å²) < 4.78 is 32.1. The van der Waals surface area contributed by atoms with Gasteiger partial charge in [0, 0.05) is 12.6 Å². The SMILES string of the molecule is CCCNc1ncnc(Nc2cc(F)ccc2F)c1OC. The summed E-state index contributed by atoms with van der Waals surface area (Å²) in [5.74, 6) is -0.0322. The Morgan fingerprint density at radius 3 is 2.67 bits per heavy atom. The monoisotopic (exact) mass is 294 g/mol. The average Bonchev–Trinajstić information content (AvgIpc) is 2.49. The lowest BCUT2D eigenvalue weighted by molar-refractivity contribution is 0.415. The van der Waals surface area contributed by atoms with Crippen LogP contribution >= 0.6 is 0 Å². The lowest BCUT2D eigenvalue weighted by Gasteiger charge is -2.14. The lowest BCUT2D eigenvalue weighted by Crippen LogP contribution is -2.07. The van der Waals surface area contributed by atoms with Crippen LogP contribution in [0.1, 0.15) is 13.3 Å². The summed E-state index contributed by atoms with van der Waals surface area (Å²) in [6, 6.07) is 3.14. The van der Waals surface area contributed by atoms with E-state index < -0.39 is 11.6 Å². The van der Waals surface area contributed by atoms with Gasteiger partial charge in [-0.2, -0.15) is 0 Å². The van der Waals surface area contributed by atoms with Gasteiger partial charge in [-0.1, -0.05) is 6.92 Å². The average molecular weight is 294 g/mol. The summed E-state index contributed by atoms with van der Waals surface area (Å²) in [7, 11) is 1.46. The summed E-state index contributed by atoms with van der Waals surface area (Å²) >= 11 is 0. The van der Waals surface area contributed by atoms with Gasteiger partial charge in [-0.05, 0) is 18.6 Å². The first-order valence-electron chi connectivity index (χ1n) is 6.50. The number of hydrogen-bond acceptors (Lipinski definition) is 5. The molecule has 0 aliphatic rings. The van der Waals surface area contributed by atoms with Crippen LogP contribution in [-0.2, 0) is 0 Å². The summed E-state index contributed by atoms with van der Waals surface area (Å²) in [5, 5.41) is 5.80. The Labute approximate surface area is 121 Å². The fourth-order valence-corrected chi connectivity index (χ4v) is 1.75. The van der Waals surface area contributed by atoms with Gasteiger partial charge in [-0.25, -0.2) is 18.7 Å². The predicted octanol–water partition coefficient (Wildman–Crippen LogP) is 3.33. The molecular weight excluding hydrogens is 278 g/mol. The van der Waals surface area contributed by atoms with E-state index in [1.165, 1.54) is 13.4 Å². The van der Waals surface area contributed by atoms with Crippen LogP contribution in [0.25, 0.3) is 0 Å². The molecule has 1 aromatic carbocycles. The van der Waals surface area contributed by atoms with Crippen LogP contribution in [0.5, 0.6) is 5.75 Å². The van der Waals surface area contributed by atoms with Gasteiger partial charge in [0.25, 0.3) is 0 Å². The van der Waals surface area contributed by atoms with Crippen molar-refractivity contribution in [3.05, 3.63) is 36.2 Å². The minimum absolute atomic E-state index is 0.0200. The fourth-order valence-electron chi connectivity index (χ4n) is 1.75. The van der Waals surface area contributed by atoms with Crippen LogP contribution in [0.3, 0.4) is 0 Å². The summed E-state index contributed by atoms with van der Waals surface area (Å²) in [4.78, 5) is 8.08. The summed E-state index contributed by atoms with van der Waals surface area (Å²) in [6.07, 6.45) is 2.23. The number of aromatic nitrogens is 2. The molecule has 2 aromatic rings. The molecule has 0 radical (unpaired) electrons. The Morgan fingerprint density at radius 2 is 1.95 bits per heavy atom. The number of rotatable bonds is 6. The molecule has 2 N–H and O–H groups in total. The van der Waals surface area contributed by atoms with Gasteiger partial charge in [-0.3, -0.25) is 0 Å². The van der Waals surface area contributed by atoms with E-state index in [1.807, 2.05) is 6.92 Å². The van der Waals surface area contributed by atoms with Gasteiger partial charge in [0.15, 0.2) is 11.6 Å². The van der Waals surface area contributed by atoms with Crippen LogP contribution in [0, 0.1) is 11.6 Å². The van der Waals surface area contributed by atoms with Gasteiger partial charge in [0.05, 0.1) is 12.8 Å². The lowest BCUT2D eigenvalue weighted by atomic mass is 10.3. The van der Waals surface area contributed by atoms with E-state index in [-0.39, 0.29) is 11.5 Å². The molecule has 0 aliphatic heterocycles. The molecule has 7 heteroatoms. The molecule has 0 spiro atoms. The largest absolute Gasteiger partial charge is 0.490 e. The molecule has 5 nitrogen and oxygen atoms in total. The Bertz CT molecular complexity index is 622. The number of hydrogen-bond donors (Lipinski definition) is 2. The second-order valence-electron chi connectivity index (χ2n) is 4.28. The van der Waals surface area contributed by atoms with Gasteiger partial charge < -0.3 is 15.4 Å².